The highest BCUT2D eigenvalue weighted by atomic mass is 16.2. The van der Waals surface area contributed by atoms with Gasteiger partial charge in [-0.2, -0.15) is 0 Å². The van der Waals surface area contributed by atoms with E-state index in [1.165, 1.54) is 4.90 Å². The molecule has 1 saturated heterocycles. The van der Waals surface area contributed by atoms with E-state index in [9.17, 15) is 14.4 Å². The molecule has 0 aromatic carbocycles. The van der Waals surface area contributed by atoms with E-state index in [1.807, 2.05) is 13.8 Å². The van der Waals surface area contributed by atoms with Gasteiger partial charge in [0.2, 0.25) is 17.7 Å². The molecule has 108 valence electrons. The van der Waals surface area contributed by atoms with Gasteiger partial charge in [0.1, 0.15) is 6.54 Å². The quantitative estimate of drug-likeness (QED) is 0.607. The molecule has 5 nitrogen and oxygen atoms in total. The summed E-state index contributed by atoms with van der Waals surface area (Å²) in [4.78, 5) is 37.8. The Bertz CT molecular complexity index is 469. The molecule has 0 aromatic rings. The Morgan fingerprint density at radius 3 is 2.35 bits per heavy atom. The van der Waals surface area contributed by atoms with Gasteiger partial charge < -0.3 is 5.32 Å². The fourth-order valence-electron chi connectivity index (χ4n) is 3.69. The van der Waals surface area contributed by atoms with Gasteiger partial charge in [-0.25, -0.2) is 0 Å². The molecule has 0 aromatic heterocycles. The van der Waals surface area contributed by atoms with Crippen LogP contribution in [0.1, 0.15) is 26.7 Å². The lowest BCUT2D eigenvalue weighted by Gasteiger charge is -2.18. The summed E-state index contributed by atoms with van der Waals surface area (Å²) >= 11 is 0. The van der Waals surface area contributed by atoms with Crippen LogP contribution in [0.25, 0.3) is 0 Å². The van der Waals surface area contributed by atoms with Crippen LogP contribution < -0.4 is 5.32 Å². The molecule has 20 heavy (non-hydrogen) atoms. The van der Waals surface area contributed by atoms with Gasteiger partial charge >= 0.3 is 0 Å². The zero-order valence-corrected chi connectivity index (χ0v) is 11.8. The van der Waals surface area contributed by atoms with Gasteiger partial charge in [0.05, 0.1) is 11.8 Å². The minimum absolute atomic E-state index is 0.0626. The molecule has 0 spiro atoms. The number of carbonyl (C=O) groups excluding carboxylic acids is 3. The molecule has 5 atom stereocenters. The number of nitrogens with zero attached hydrogens (tertiary/aromatic N) is 1. The summed E-state index contributed by atoms with van der Waals surface area (Å²) in [6.45, 7) is 3.75. The summed E-state index contributed by atoms with van der Waals surface area (Å²) < 4.78 is 0. The van der Waals surface area contributed by atoms with Gasteiger partial charge in [0.25, 0.3) is 0 Å². The van der Waals surface area contributed by atoms with Crippen molar-refractivity contribution in [2.45, 2.75) is 32.7 Å². The number of allylic oxidation sites excluding steroid dienone is 2. The highest BCUT2D eigenvalue weighted by molar-refractivity contribution is 6.08. The molecule has 1 aliphatic heterocycles. The third kappa shape index (κ3) is 1.87. The number of hydrogen-bond donors (Lipinski definition) is 1. The molecule has 1 heterocycles. The SMILES string of the molecule is CC[C@@H](C)NC(=O)CN1C(=O)[C@@H]2[C@@H](C1=O)[C@H]1C=C[C@@H]2C1. The zero-order valence-electron chi connectivity index (χ0n) is 11.8. The van der Waals surface area contributed by atoms with Crippen molar-refractivity contribution >= 4 is 17.7 Å². The number of likely N-dealkylation sites (tertiary alicyclic amines) is 1. The standard InChI is InChI=1S/C15H20N2O3/c1-3-8(2)16-11(18)7-17-14(19)12-9-4-5-10(6-9)13(12)15(17)20/h4-5,8-10,12-13H,3,6-7H2,1-2H3,(H,16,18)/t8-,9-,10+,12+,13+/m1/s1. The van der Waals surface area contributed by atoms with Crippen LogP contribution in [-0.4, -0.2) is 35.2 Å². The number of nitrogens with one attached hydrogen (secondary N) is 1. The van der Waals surface area contributed by atoms with Crippen LogP contribution in [0.2, 0.25) is 0 Å². The lowest BCUT2D eigenvalue weighted by molar-refractivity contribution is -0.144. The van der Waals surface area contributed by atoms with E-state index in [-0.39, 0.29) is 54.0 Å². The van der Waals surface area contributed by atoms with Crippen LogP contribution in [-0.2, 0) is 14.4 Å². The number of hydrogen-bond acceptors (Lipinski definition) is 3. The summed E-state index contributed by atoms with van der Waals surface area (Å²) in [6.07, 6.45) is 5.85. The van der Waals surface area contributed by atoms with Crippen molar-refractivity contribution in [1.29, 1.82) is 0 Å². The van der Waals surface area contributed by atoms with Crippen molar-refractivity contribution in [2.75, 3.05) is 6.54 Å². The van der Waals surface area contributed by atoms with Crippen molar-refractivity contribution in [3.05, 3.63) is 12.2 Å². The minimum Gasteiger partial charge on any atom is -0.352 e. The molecule has 0 unspecified atom stereocenters. The van der Waals surface area contributed by atoms with Gasteiger partial charge in [0, 0.05) is 6.04 Å². The fraction of sp³-hybridized carbons (Fsp3) is 0.667. The fourth-order valence-corrected chi connectivity index (χ4v) is 3.69. The van der Waals surface area contributed by atoms with E-state index in [4.69, 9.17) is 0 Å². The largest absolute Gasteiger partial charge is 0.352 e. The third-order valence-electron chi connectivity index (χ3n) is 4.88. The van der Waals surface area contributed by atoms with Gasteiger partial charge in [-0.05, 0) is 31.6 Å². The van der Waals surface area contributed by atoms with E-state index in [0.29, 0.717) is 0 Å². The second-order valence-corrected chi connectivity index (χ2v) is 6.14. The molecule has 3 aliphatic rings. The van der Waals surface area contributed by atoms with Crippen molar-refractivity contribution in [2.24, 2.45) is 23.7 Å². The summed E-state index contributed by atoms with van der Waals surface area (Å²) in [5.74, 6) is -0.593. The zero-order chi connectivity index (χ0) is 14.4. The number of amides is 3. The van der Waals surface area contributed by atoms with E-state index in [1.54, 1.807) is 0 Å². The second kappa shape index (κ2) is 4.72. The van der Waals surface area contributed by atoms with Gasteiger partial charge in [-0.15, -0.1) is 0 Å². The first kappa shape index (κ1) is 13.3. The van der Waals surface area contributed by atoms with Crippen LogP contribution in [0.5, 0.6) is 0 Å². The van der Waals surface area contributed by atoms with Crippen molar-refractivity contribution in [1.82, 2.24) is 10.2 Å². The monoisotopic (exact) mass is 276 g/mol. The second-order valence-electron chi connectivity index (χ2n) is 6.14. The van der Waals surface area contributed by atoms with Crippen molar-refractivity contribution < 1.29 is 14.4 Å². The summed E-state index contributed by atoms with van der Waals surface area (Å²) in [7, 11) is 0. The normalized spacial score (nSPS) is 35.6. The highest BCUT2D eigenvalue weighted by Crippen LogP contribution is 2.52. The Balaban J connectivity index is 1.69. The number of carbonyl (C=O) groups is 3. The Labute approximate surface area is 118 Å². The summed E-state index contributed by atoms with van der Waals surface area (Å²) in [6, 6.07) is 0.0626. The maximum absolute atomic E-state index is 12.4. The molecule has 5 heteroatoms. The van der Waals surface area contributed by atoms with Crippen molar-refractivity contribution in [3.63, 3.8) is 0 Å². The first-order valence-corrected chi connectivity index (χ1v) is 7.35. The van der Waals surface area contributed by atoms with Crippen LogP contribution in [0.3, 0.4) is 0 Å². The van der Waals surface area contributed by atoms with Gasteiger partial charge in [-0.3, -0.25) is 19.3 Å². The third-order valence-corrected chi connectivity index (χ3v) is 4.88. The first-order chi connectivity index (χ1) is 9.52. The topological polar surface area (TPSA) is 66.5 Å². The number of fused-ring (bicyclic) bond motifs is 5. The highest BCUT2D eigenvalue weighted by Gasteiger charge is 2.59. The molecule has 3 rings (SSSR count). The van der Waals surface area contributed by atoms with E-state index in [2.05, 4.69) is 17.5 Å². The average molecular weight is 276 g/mol. The van der Waals surface area contributed by atoms with Crippen molar-refractivity contribution in [3.8, 4) is 0 Å². The average Bonchev–Trinajstić information content (AvgIpc) is 3.08. The van der Waals surface area contributed by atoms with Crippen LogP contribution in [0.4, 0.5) is 0 Å². The molecule has 2 aliphatic carbocycles. The summed E-state index contributed by atoms with van der Waals surface area (Å²) in [5.41, 5.74) is 0. The maximum atomic E-state index is 12.4. The molecule has 1 N–H and O–H groups in total. The number of imide groups is 1. The summed E-state index contributed by atoms with van der Waals surface area (Å²) in [5, 5.41) is 2.80. The van der Waals surface area contributed by atoms with Gasteiger partial charge in [-0.1, -0.05) is 19.1 Å². The van der Waals surface area contributed by atoms with Crippen LogP contribution in [0, 0.1) is 23.7 Å². The smallest absolute Gasteiger partial charge is 0.240 e. The maximum Gasteiger partial charge on any atom is 0.240 e. The molecule has 0 radical (unpaired) electrons. The lowest BCUT2D eigenvalue weighted by atomic mass is 9.85. The Morgan fingerprint density at radius 1 is 1.30 bits per heavy atom. The number of rotatable bonds is 4. The molecule has 2 bridgehead atoms. The Morgan fingerprint density at radius 2 is 1.85 bits per heavy atom. The van der Waals surface area contributed by atoms with Crippen LogP contribution in [0.15, 0.2) is 12.2 Å². The van der Waals surface area contributed by atoms with E-state index < -0.39 is 0 Å². The van der Waals surface area contributed by atoms with Gasteiger partial charge in [0.15, 0.2) is 0 Å². The minimum atomic E-state index is -0.249. The predicted molar refractivity (Wildman–Crippen MR) is 72.3 cm³/mol. The predicted octanol–water partition coefficient (Wildman–Crippen LogP) is 0.708. The lowest BCUT2D eigenvalue weighted by Crippen LogP contribution is -2.44. The van der Waals surface area contributed by atoms with Crippen LogP contribution >= 0.6 is 0 Å². The van der Waals surface area contributed by atoms with E-state index >= 15 is 0 Å². The first-order valence-electron chi connectivity index (χ1n) is 7.35. The molecular weight excluding hydrogens is 256 g/mol. The molecule has 3 amide bonds. The Kier molecular flexibility index (Phi) is 3.15. The van der Waals surface area contributed by atoms with E-state index in [0.717, 1.165) is 12.8 Å². The Hall–Kier alpha value is -1.65. The molecule has 2 fully saturated rings. The molecular formula is C15H20N2O3. The molecule has 1 saturated carbocycles.